The maximum atomic E-state index is 12.9. The Kier molecular flexibility index (Phi) is 8.29. The highest BCUT2D eigenvalue weighted by Gasteiger charge is 2.28. The Morgan fingerprint density at radius 2 is 1.80 bits per heavy atom. The number of anilines is 1. The van der Waals surface area contributed by atoms with E-state index in [1.165, 1.54) is 11.3 Å². The van der Waals surface area contributed by atoms with Crippen LogP contribution in [0.15, 0.2) is 6.07 Å². The number of aryl methyl sites for hydroxylation is 1. The molecule has 6 nitrogen and oxygen atoms in total. The summed E-state index contributed by atoms with van der Waals surface area (Å²) >= 11 is 1.28. The van der Waals surface area contributed by atoms with Crippen LogP contribution >= 0.6 is 11.3 Å². The Hall–Kier alpha value is -1.65. The smallest absolute Gasteiger partial charge is 0.372 e. The lowest BCUT2D eigenvalue weighted by molar-refractivity contribution is -0.174. The first-order chi connectivity index (χ1) is 13.9. The second-order valence-electron chi connectivity index (χ2n) is 8.48. The molecular weight excluding hydrogens is 419 g/mol. The third-order valence-electron chi connectivity index (χ3n) is 4.72. The van der Waals surface area contributed by atoms with E-state index >= 15 is 0 Å². The molecule has 170 valence electrons. The molecule has 1 aliphatic heterocycles. The second-order valence-corrected chi connectivity index (χ2v) is 9.53. The number of nitrogens with zero attached hydrogens (tertiary/aromatic N) is 2. The largest absolute Gasteiger partial charge is 0.411 e. The average Bonchev–Trinajstić information content (AvgIpc) is 3.00. The molecule has 0 spiro atoms. The number of amides is 2. The van der Waals surface area contributed by atoms with E-state index in [4.69, 9.17) is 0 Å². The van der Waals surface area contributed by atoms with Gasteiger partial charge in [-0.3, -0.25) is 14.5 Å². The molecule has 1 N–H and O–H groups in total. The number of thiophene rings is 1. The molecule has 0 unspecified atom stereocenters. The molecule has 0 bridgehead atoms. The van der Waals surface area contributed by atoms with E-state index in [1.807, 2.05) is 33.8 Å². The van der Waals surface area contributed by atoms with E-state index in [0.717, 1.165) is 5.56 Å². The zero-order chi connectivity index (χ0) is 22.5. The van der Waals surface area contributed by atoms with Gasteiger partial charge in [0.25, 0.3) is 5.91 Å². The summed E-state index contributed by atoms with van der Waals surface area (Å²) in [7, 11) is 0. The van der Waals surface area contributed by atoms with E-state index in [9.17, 15) is 22.8 Å². The minimum Gasteiger partial charge on any atom is -0.372 e. The van der Waals surface area contributed by atoms with Crippen LogP contribution in [0.5, 0.6) is 0 Å². The van der Waals surface area contributed by atoms with Crippen LogP contribution in [0.1, 0.15) is 42.4 Å². The van der Waals surface area contributed by atoms with Gasteiger partial charge in [-0.05, 0) is 25.0 Å². The van der Waals surface area contributed by atoms with Gasteiger partial charge >= 0.3 is 6.18 Å². The highest BCUT2D eigenvalue weighted by molar-refractivity contribution is 7.18. The highest BCUT2D eigenvalue weighted by atomic mass is 32.1. The van der Waals surface area contributed by atoms with Crippen LogP contribution in [0.3, 0.4) is 0 Å². The number of hydrogen-bond donors (Lipinski definition) is 1. The molecule has 0 aliphatic carbocycles. The van der Waals surface area contributed by atoms with Gasteiger partial charge in [-0.15, -0.1) is 11.3 Å². The van der Waals surface area contributed by atoms with Crippen LogP contribution in [0.4, 0.5) is 18.2 Å². The summed E-state index contributed by atoms with van der Waals surface area (Å²) in [5, 5.41) is 3.53. The summed E-state index contributed by atoms with van der Waals surface area (Å²) < 4.78 is 40.8. The van der Waals surface area contributed by atoms with Crippen LogP contribution in [-0.2, 0) is 9.53 Å². The number of carbonyl (C=O) groups is 2. The first-order valence-electron chi connectivity index (χ1n) is 9.95. The van der Waals surface area contributed by atoms with Crippen molar-refractivity contribution in [1.82, 2.24) is 9.80 Å². The second kappa shape index (κ2) is 10.1. The lowest BCUT2D eigenvalue weighted by atomic mass is 9.96. The predicted octanol–water partition coefficient (Wildman–Crippen LogP) is 3.77. The maximum Gasteiger partial charge on any atom is 0.411 e. The van der Waals surface area contributed by atoms with Crippen molar-refractivity contribution in [3.63, 3.8) is 0 Å². The number of nitrogens with one attached hydrogen (secondary N) is 1. The fourth-order valence-electron chi connectivity index (χ4n) is 2.95. The van der Waals surface area contributed by atoms with E-state index in [-0.39, 0.29) is 18.4 Å². The molecule has 1 aromatic heterocycles. The van der Waals surface area contributed by atoms with E-state index in [2.05, 4.69) is 15.0 Å². The van der Waals surface area contributed by atoms with Gasteiger partial charge in [-0.25, -0.2) is 0 Å². The van der Waals surface area contributed by atoms with Gasteiger partial charge in [-0.2, -0.15) is 13.2 Å². The van der Waals surface area contributed by atoms with Crippen LogP contribution in [0, 0.1) is 12.3 Å². The molecule has 0 radical (unpaired) electrons. The molecule has 1 aliphatic rings. The summed E-state index contributed by atoms with van der Waals surface area (Å²) in [6.45, 7) is 9.29. The van der Waals surface area contributed by atoms with Crippen molar-refractivity contribution in [3.8, 4) is 0 Å². The first-order valence-corrected chi connectivity index (χ1v) is 10.8. The summed E-state index contributed by atoms with van der Waals surface area (Å²) in [5.41, 5.74) is 0.314. The third-order valence-corrected chi connectivity index (χ3v) is 5.86. The molecule has 0 atom stereocenters. The van der Waals surface area contributed by atoms with Gasteiger partial charge in [0.15, 0.2) is 0 Å². The molecule has 0 saturated carbocycles. The molecular formula is C20H30F3N3O3S. The lowest BCUT2D eigenvalue weighted by Gasteiger charge is -2.34. The van der Waals surface area contributed by atoms with Gasteiger partial charge in [0.05, 0.1) is 9.88 Å². The SMILES string of the molecule is Cc1cc(NC(=O)C(C)(C)C)sc1C(=O)N1CCN(CCCOCC(F)(F)F)CC1. The van der Waals surface area contributed by atoms with Crippen LogP contribution in [0.2, 0.25) is 0 Å². The third kappa shape index (κ3) is 7.55. The van der Waals surface area contributed by atoms with Crippen molar-refractivity contribution in [3.05, 3.63) is 16.5 Å². The Labute approximate surface area is 179 Å². The zero-order valence-corrected chi connectivity index (χ0v) is 18.7. The number of hydrogen-bond acceptors (Lipinski definition) is 5. The Morgan fingerprint density at radius 3 is 2.37 bits per heavy atom. The van der Waals surface area contributed by atoms with Gasteiger partial charge in [0.2, 0.25) is 5.91 Å². The summed E-state index contributed by atoms with van der Waals surface area (Å²) in [4.78, 5) is 29.6. The van der Waals surface area contributed by atoms with Crippen LogP contribution in [0.25, 0.3) is 0 Å². The van der Waals surface area contributed by atoms with Crippen molar-refractivity contribution >= 4 is 28.2 Å². The maximum absolute atomic E-state index is 12.9. The van der Waals surface area contributed by atoms with Crippen molar-refractivity contribution in [1.29, 1.82) is 0 Å². The van der Waals surface area contributed by atoms with Crippen molar-refractivity contribution in [2.45, 2.75) is 40.3 Å². The number of ether oxygens (including phenoxy) is 1. The molecule has 10 heteroatoms. The fraction of sp³-hybridized carbons (Fsp3) is 0.700. The molecule has 1 saturated heterocycles. The summed E-state index contributed by atoms with van der Waals surface area (Å²) in [6.07, 6.45) is -3.77. The summed E-state index contributed by atoms with van der Waals surface area (Å²) in [6, 6.07) is 1.82. The fourth-order valence-corrected chi connectivity index (χ4v) is 3.99. The first kappa shape index (κ1) is 24.6. The number of halogens is 3. The standard InChI is InChI=1S/C20H30F3N3O3S/c1-14-12-15(24-18(28)19(2,3)4)30-16(14)17(27)26-9-7-25(8-10-26)6-5-11-29-13-20(21,22)23/h12H,5-11,13H2,1-4H3,(H,24,28). The van der Waals surface area contributed by atoms with Gasteiger partial charge in [0, 0.05) is 44.7 Å². The van der Waals surface area contributed by atoms with E-state index in [0.29, 0.717) is 49.0 Å². The number of rotatable bonds is 7. The number of carbonyl (C=O) groups excluding carboxylic acids is 2. The van der Waals surface area contributed by atoms with Crippen molar-refractivity contribution < 1.29 is 27.5 Å². The summed E-state index contributed by atoms with van der Waals surface area (Å²) in [5.74, 6) is -0.155. The quantitative estimate of drug-likeness (QED) is 0.644. The molecule has 2 amide bonds. The van der Waals surface area contributed by atoms with E-state index in [1.54, 1.807) is 4.90 Å². The molecule has 2 heterocycles. The number of piperazine rings is 1. The van der Waals surface area contributed by atoms with Gasteiger partial charge in [-0.1, -0.05) is 20.8 Å². The molecule has 2 rings (SSSR count). The minimum absolute atomic E-state index is 0.0538. The molecule has 30 heavy (non-hydrogen) atoms. The predicted molar refractivity (Wildman–Crippen MR) is 111 cm³/mol. The Balaban J connectivity index is 1.79. The van der Waals surface area contributed by atoms with Gasteiger partial charge < -0.3 is 15.0 Å². The Morgan fingerprint density at radius 1 is 1.17 bits per heavy atom. The number of alkyl halides is 3. The van der Waals surface area contributed by atoms with E-state index < -0.39 is 18.2 Å². The van der Waals surface area contributed by atoms with Crippen molar-refractivity contribution in [2.75, 3.05) is 51.3 Å². The monoisotopic (exact) mass is 449 g/mol. The normalized spacial score (nSPS) is 16.0. The van der Waals surface area contributed by atoms with Crippen LogP contribution in [-0.4, -0.2) is 73.7 Å². The topological polar surface area (TPSA) is 61.9 Å². The minimum atomic E-state index is -4.29. The lowest BCUT2D eigenvalue weighted by Crippen LogP contribution is -2.48. The van der Waals surface area contributed by atoms with Crippen LogP contribution < -0.4 is 5.32 Å². The zero-order valence-electron chi connectivity index (χ0n) is 17.9. The van der Waals surface area contributed by atoms with Crippen molar-refractivity contribution in [2.24, 2.45) is 5.41 Å². The molecule has 1 aromatic rings. The Bertz CT molecular complexity index is 736. The average molecular weight is 450 g/mol. The molecule has 0 aromatic carbocycles. The van der Waals surface area contributed by atoms with Gasteiger partial charge in [0.1, 0.15) is 6.61 Å². The molecule has 1 fully saturated rings. The highest BCUT2D eigenvalue weighted by Crippen LogP contribution is 2.29.